The quantitative estimate of drug-likeness (QED) is 0.535. The van der Waals surface area contributed by atoms with Crippen molar-refractivity contribution in [3.05, 3.63) is 57.3 Å². The normalized spacial score (nSPS) is 13.3. The van der Waals surface area contributed by atoms with Crippen molar-refractivity contribution in [2.75, 3.05) is 12.4 Å². The van der Waals surface area contributed by atoms with E-state index >= 15 is 0 Å². The number of nitrogens with zero attached hydrogens (tertiary/aromatic N) is 1. The first-order valence-corrected chi connectivity index (χ1v) is 9.69. The molecule has 0 bridgehead atoms. The van der Waals surface area contributed by atoms with E-state index in [0.717, 1.165) is 12.8 Å². The lowest BCUT2D eigenvalue weighted by Gasteiger charge is -2.09. The highest BCUT2D eigenvalue weighted by Gasteiger charge is 2.30. The third kappa shape index (κ3) is 3.59. The van der Waals surface area contributed by atoms with Crippen molar-refractivity contribution in [2.45, 2.75) is 12.8 Å². The summed E-state index contributed by atoms with van der Waals surface area (Å²) >= 11 is 12.6. The number of carbonyl (C=O) groups is 3. The van der Waals surface area contributed by atoms with Crippen molar-refractivity contribution in [1.82, 2.24) is 15.3 Å². The SMILES string of the molecule is CNC(=O)c1cc(Cl)c(C(=O)c2c[nH]c3c(NC(=O)C4CC4)nccc23)c(Cl)c1. The molecule has 29 heavy (non-hydrogen) atoms. The molecule has 148 valence electrons. The number of pyridine rings is 1. The van der Waals surface area contributed by atoms with Gasteiger partial charge >= 0.3 is 0 Å². The number of hydrogen-bond donors (Lipinski definition) is 3. The molecule has 0 unspecified atom stereocenters. The van der Waals surface area contributed by atoms with Crippen molar-refractivity contribution in [2.24, 2.45) is 5.92 Å². The lowest BCUT2D eigenvalue weighted by molar-refractivity contribution is -0.117. The van der Waals surface area contributed by atoms with E-state index in [1.165, 1.54) is 31.6 Å². The first kappa shape index (κ1) is 19.4. The number of fused-ring (bicyclic) bond motifs is 1. The summed E-state index contributed by atoms with van der Waals surface area (Å²) < 4.78 is 0. The second-order valence-corrected chi connectivity index (χ2v) is 7.59. The number of aromatic nitrogens is 2. The average molecular weight is 431 g/mol. The molecule has 0 atom stereocenters. The number of H-pyrrole nitrogens is 1. The second-order valence-electron chi connectivity index (χ2n) is 6.77. The third-order valence-electron chi connectivity index (χ3n) is 4.79. The molecule has 7 nitrogen and oxygen atoms in total. The Morgan fingerprint density at radius 1 is 1.17 bits per heavy atom. The number of rotatable bonds is 5. The maximum atomic E-state index is 13.2. The largest absolute Gasteiger partial charge is 0.357 e. The lowest BCUT2D eigenvalue weighted by atomic mass is 10.0. The predicted octanol–water partition coefficient (Wildman–Crippen LogP) is 3.81. The van der Waals surface area contributed by atoms with Crippen LogP contribution in [0.25, 0.3) is 10.9 Å². The number of aromatic amines is 1. The van der Waals surface area contributed by atoms with Gasteiger partial charge in [-0.25, -0.2) is 4.98 Å². The van der Waals surface area contributed by atoms with Crippen LogP contribution in [0.1, 0.15) is 39.1 Å². The monoisotopic (exact) mass is 430 g/mol. The maximum Gasteiger partial charge on any atom is 0.251 e. The predicted molar refractivity (Wildman–Crippen MR) is 111 cm³/mol. The van der Waals surface area contributed by atoms with Crippen LogP contribution in [0.2, 0.25) is 10.0 Å². The second kappa shape index (κ2) is 7.50. The van der Waals surface area contributed by atoms with E-state index in [-0.39, 0.29) is 38.9 Å². The molecule has 0 spiro atoms. The van der Waals surface area contributed by atoms with Gasteiger partial charge in [-0.2, -0.15) is 0 Å². The molecule has 3 N–H and O–H groups in total. The van der Waals surface area contributed by atoms with E-state index in [9.17, 15) is 14.4 Å². The van der Waals surface area contributed by atoms with E-state index in [2.05, 4.69) is 20.6 Å². The van der Waals surface area contributed by atoms with Gasteiger partial charge in [-0.3, -0.25) is 14.4 Å². The number of ketones is 1. The summed E-state index contributed by atoms with van der Waals surface area (Å²) in [6, 6.07) is 4.47. The number of benzene rings is 1. The van der Waals surface area contributed by atoms with Crippen LogP contribution in [0, 0.1) is 5.92 Å². The van der Waals surface area contributed by atoms with Crippen molar-refractivity contribution in [3.63, 3.8) is 0 Å². The first-order chi connectivity index (χ1) is 13.9. The molecular formula is C20H16Cl2N4O3. The van der Waals surface area contributed by atoms with Crippen molar-refractivity contribution >= 4 is 57.5 Å². The minimum Gasteiger partial charge on any atom is -0.357 e. The van der Waals surface area contributed by atoms with Crippen molar-refractivity contribution < 1.29 is 14.4 Å². The Labute approximate surface area is 175 Å². The summed E-state index contributed by atoms with van der Waals surface area (Å²) in [4.78, 5) is 44.3. The van der Waals surface area contributed by atoms with Crippen LogP contribution in [0.3, 0.4) is 0 Å². The minimum atomic E-state index is -0.402. The molecule has 3 aromatic rings. The summed E-state index contributed by atoms with van der Waals surface area (Å²) in [7, 11) is 1.49. The van der Waals surface area contributed by atoms with Gasteiger partial charge in [0.15, 0.2) is 11.6 Å². The molecule has 1 saturated carbocycles. The smallest absolute Gasteiger partial charge is 0.251 e. The van der Waals surface area contributed by atoms with Crippen molar-refractivity contribution in [3.8, 4) is 0 Å². The Morgan fingerprint density at radius 2 is 1.86 bits per heavy atom. The van der Waals surface area contributed by atoms with Crippen LogP contribution >= 0.6 is 23.2 Å². The van der Waals surface area contributed by atoms with Gasteiger partial charge in [-0.1, -0.05) is 23.2 Å². The topological polar surface area (TPSA) is 104 Å². The van der Waals surface area contributed by atoms with Gasteiger partial charge in [-0.15, -0.1) is 0 Å². The summed E-state index contributed by atoms with van der Waals surface area (Å²) in [6.45, 7) is 0. The number of halogens is 2. The van der Waals surface area contributed by atoms with E-state index in [1.54, 1.807) is 6.07 Å². The first-order valence-electron chi connectivity index (χ1n) is 8.93. The Morgan fingerprint density at radius 3 is 2.48 bits per heavy atom. The highest BCUT2D eigenvalue weighted by molar-refractivity contribution is 6.42. The molecule has 2 aromatic heterocycles. The zero-order valence-corrected chi connectivity index (χ0v) is 16.8. The molecule has 1 aliphatic carbocycles. The molecule has 0 saturated heterocycles. The summed E-state index contributed by atoms with van der Waals surface area (Å²) in [5.41, 5.74) is 1.23. The van der Waals surface area contributed by atoms with Gasteiger partial charge in [0.2, 0.25) is 5.91 Å². The molecule has 4 rings (SSSR count). The van der Waals surface area contributed by atoms with Gasteiger partial charge in [0.1, 0.15) is 0 Å². The molecular weight excluding hydrogens is 415 g/mol. The fraction of sp³-hybridized carbons (Fsp3) is 0.200. The van der Waals surface area contributed by atoms with Crippen LogP contribution in [0.4, 0.5) is 5.82 Å². The van der Waals surface area contributed by atoms with Gasteiger partial charge in [-0.05, 0) is 31.0 Å². The minimum absolute atomic E-state index is 0.0274. The maximum absolute atomic E-state index is 13.2. The molecule has 1 aliphatic rings. The highest BCUT2D eigenvalue weighted by Crippen LogP contribution is 2.34. The molecule has 2 amide bonds. The van der Waals surface area contributed by atoms with Crippen LogP contribution in [0.15, 0.2) is 30.6 Å². The molecule has 0 aliphatic heterocycles. The van der Waals surface area contributed by atoms with E-state index in [1.807, 2.05) is 0 Å². The highest BCUT2D eigenvalue weighted by atomic mass is 35.5. The third-order valence-corrected chi connectivity index (χ3v) is 5.39. The molecule has 2 heterocycles. The van der Waals surface area contributed by atoms with Crippen LogP contribution < -0.4 is 10.6 Å². The van der Waals surface area contributed by atoms with E-state index in [4.69, 9.17) is 23.2 Å². The molecule has 0 radical (unpaired) electrons. The van der Waals surface area contributed by atoms with E-state index in [0.29, 0.717) is 22.3 Å². The van der Waals surface area contributed by atoms with Crippen molar-refractivity contribution in [1.29, 1.82) is 0 Å². The lowest BCUT2D eigenvalue weighted by Crippen LogP contribution is -2.18. The number of nitrogens with one attached hydrogen (secondary N) is 3. The number of hydrogen-bond acceptors (Lipinski definition) is 4. The zero-order chi connectivity index (χ0) is 20.7. The number of carbonyl (C=O) groups excluding carboxylic acids is 3. The fourth-order valence-corrected chi connectivity index (χ4v) is 3.76. The van der Waals surface area contributed by atoms with E-state index < -0.39 is 5.78 Å². The van der Waals surface area contributed by atoms with Gasteiger partial charge in [0.05, 0.1) is 21.1 Å². The van der Waals surface area contributed by atoms with Gasteiger partial charge in [0, 0.05) is 41.9 Å². The summed E-state index contributed by atoms with van der Waals surface area (Å²) in [5, 5.41) is 6.01. The number of anilines is 1. The fourth-order valence-electron chi connectivity index (χ4n) is 3.10. The van der Waals surface area contributed by atoms with Crippen LogP contribution in [-0.2, 0) is 4.79 Å². The Kier molecular flexibility index (Phi) is 5.02. The molecule has 9 heteroatoms. The van der Waals surface area contributed by atoms with Gasteiger partial charge in [0.25, 0.3) is 5.91 Å². The summed E-state index contributed by atoms with van der Waals surface area (Å²) in [6.07, 6.45) is 4.80. The Balaban J connectivity index is 1.73. The average Bonchev–Trinajstić information content (AvgIpc) is 3.46. The Bertz CT molecular complexity index is 1140. The van der Waals surface area contributed by atoms with Crippen LogP contribution in [-0.4, -0.2) is 34.6 Å². The van der Waals surface area contributed by atoms with Crippen LogP contribution in [0.5, 0.6) is 0 Å². The standard InChI is InChI=1S/C20H16Cl2N4O3/c1-23-19(28)10-6-13(21)15(14(22)7-10)17(27)12-8-25-16-11(12)4-5-24-18(16)26-20(29)9-2-3-9/h4-9,25H,2-3H2,1H3,(H,23,28)(H,24,26,29). The van der Waals surface area contributed by atoms with Gasteiger partial charge < -0.3 is 15.6 Å². The molecule has 1 fully saturated rings. The summed E-state index contributed by atoms with van der Waals surface area (Å²) in [5.74, 6) is -0.448. The number of amides is 2. The molecule has 1 aromatic carbocycles. The zero-order valence-electron chi connectivity index (χ0n) is 15.3. The Hall–Kier alpha value is -2.90.